The molecule has 2 atom stereocenters. The first-order chi connectivity index (χ1) is 32.0. The smallest absolute Gasteiger partial charge is 0.305 e. The lowest BCUT2D eigenvalue weighted by Crippen LogP contribution is -2.45. The first-order valence-corrected chi connectivity index (χ1v) is 29.1. The molecule has 0 saturated heterocycles. The van der Waals surface area contributed by atoms with E-state index in [1.165, 1.54) is 238 Å². The molecular weight excluding hydrogens is 803 g/mol. The van der Waals surface area contributed by atoms with Crippen molar-refractivity contribution in [2.75, 3.05) is 13.2 Å². The molecule has 2 unspecified atom stereocenters. The van der Waals surface area contributed by atoms with Crippen molar-refractivity contribution in [3.63, 3.8) is 0 Å². The summed E-state index contributed by atoms with van der Waals surface area (Å²) in [6.07, 6.45) is 66.0. The highest BCUT2D eigenvalue weighted by Crippen LogP contribution is 2.17. The Hall–Kier alpha value is -1.66. The van der Waals surface area contributed by atoms with Crippen LogP contribution in [-0.2, 0) is 14.3 Å². The SMILES string of the molecule is CCCCC/C=C\CCCCCCCC(=O)OCCCCCCCCCCCCCC/C=C\CCCCCCCCCC(=O)NC(CO)C(O)CCCCCCCCCCCCCCC. The standard InChI is InChI=1S/C59H113NO5/c1-3-5-7-9-11-13-15-28-31-35-39-43-47-51-57(62)56(55-61)60-58(63)52-48-44-40-36-32-29-26-24-22-20-18-17-19-21-23-25-27-30-34-38-42-46-50-54-65-59(64)53-49-45-41-37-33-16-14-12-10-8-6-4-2/h12,14,20,22,56-57,61-62H,3-11,13,15-19,21,23-55H2,1-2H3,(H,60,63)/b14-12-,22-20-. The largest absolute Gasteiger partial charge is 0.466 e. The molecule has 0 fully saturated rings. The van der Waals surface area contributed by atoms with Crippen LogP contribution in [0.15, 0.2) is 24.3 Å². The van der Waals surface area contributed by atoms with Crippen molar-refractivity contribution in [2.24, 2.45) is 0 Å². The van der Waals surface area contributed by atoms with Crippen LogP contribution in [0.1, 0.15) is 316 Å². The van der Waals surface area contributed by atoms with Gasteiger partial charge in [-0.2, -0.15) is 0 Å². The first-order valence-electron chi connectivity index (χ1n) is 29.1. The third-order valence-corrected chi connectivity index (χ3v) is 13.5. The van der Waals surface area contributed by atoms with Crippen molar-refractivity contribution in [2.45, 2.75) is 328 Å². The molecule has 0 aromatic heterocycles. The number of carbonyl (C=O) groups excluding carboxylic acids is 2. The topological polar surface area (TPSA) is 95.9 Å². The number of aliphatic hydroxyl groups is 2. The van der Waals surface area contributed by atoms with Crippen LogP contribution < -0.4 is 5.32 Å². The molecule has 0 spiro atoms. The summed E-state index contributed by atoms with van der Waals surface area (Å²) in [4.78, 5) is 24.5. The van der Waals surface area contributed by atoms with Gasteiger partial charge in [0.2, 0.25) is 5.91 Å². The number of carbonyl (C=O) groups is 2. The van der Waals surface area contributed by atoms with Crippen LogP contribution in [0.5, 0.6) is 0 Å². The number of rotatable bonds is 54. The summed E-state index contributed by atoms with van der Waals surface area (Å²) in [5, 5.41) is 23.2. The van der Waals surface area contributed by atoms with Gasteiger partial charge in [0.25, 0.3) is 0 Å². The van der Waals surface area contributed by atoms with Gasteiger partial charge in [0.05, 0.1) is 25.4 Å². The van der Waals surface area contributed by atoms with Gasteiger partial charge in [-0.3, -0.25) is 9.59 Å². The van der Waals surface area contributed by atoms with Crippen LogP contribution in [0, 0.1) is 0 Å². The predicted molar refractivity (Wildman–Crippen MR) is 283 cm³/mol. The summed E-state index contributed by atoms with van der Waals surface area (Å²) in [5.74, 6) is -0.0394. The highest BCUT2D eigenvalue weighted by Gasteiger charge is 2.20. The van der Waals surface area contributed by atoms with Gasteiger partial charge in [-0.15, -0.1) is 0 Å². The molecule has 0 aliphatic rings. The molecule has 0 saturated carbocycles. The molecule has 0 radical (unpaired) electrons. The van der Waals surface area contributed by atoms with Crippen molar-refractivity contribution >= 4 is 11.9 Å². The maximum Gasteiger partial charge on any atom is 0.305 e. The Labute approximate surface area is 405 Å². The van der Waals surface area contributed by atoms with Crippen molar-refractivity contribution in [1.82, 2.24) is 5.32 Å². The molecule has 6 heteroatoms. The zero-order valence-electron chi connectivity index (χ0n) is 43.7. The summed E-state index contributed by atoms with van der Waals surface area (Å²) in [6.45, 7) is 4.93. The van der Waals surface area contributed by atoms with E-state index >= 15 is 0 Å². The molecule has 65 heavy (non-hydrogen) atoms. The molecule has 0 bridgehead atoms. The molecule has 0 aliphatic heterocycles. The molecule has 0 rings (SSSR count). The minimum atomic E-state index is -0.667. The zero-order valence-corrected chi connectivity index (χ0v) is 43.7. The van der Waals surface area contributed by atoms with Crippen molar-refractivity contribution in [1.29, 1.82) is 0 Å². The quantitative estimate of drug-likeness (QED) is 0.0321. The van der Waals surface area contributed by atoms with E-state index in [-0.39, 0.29) is 18.5 Å². The van der Waals surface area contributed by atoms with Gasteiger partial charge < -0.3 is 20.3 Å². The van der Waals surface area contributed by atoms with Crippen LogP contribution >= 0.6 is 0 Å². The third kappa shape index (κ3) is 51.6. The Morgan fingerprint density at radius 3 is 1.12 bits per heavy atom. The molecule has 0 aliphatic carbocycles. The van der Waals surface area contributed by atoms with Gasteiger partial charge in [0.15, 0.2) is 0 Å². The number of unbranched alkanes of at least 4 members (excludes halogenated alkanes) is 39. The number of hydrogen-bond acceptors (Lipinski definition) is 5. The van der Waals surface area contributed by atoms with Crippen LogP contribution in [0.25, 0.3) is 0 Å². The zero-order chi connectivity index (χ0) is 47.2. The van der Waals surface area contributed by atoms with Crippen molar-refractivity contribution < 1.29 is 24.5 Å². The van der Waals surface area contributed by atoms with E-state index in [0.29, 0.717) is 25.9 Å². The van der Waals surface area contributed by atoms with Crippen LogP contribution in [0.3, 0.4) is 0 Å². The summed E-state index contributed by atoms with van der Waals surface area (Å²) in [6, 6.07) is -0.545. The fourth-order valence-corrected chi connectivity index (χ4v) is 8.98. The first kappa shape index (κ1) is 63.3. The number of ether oxygens (including phenoxy) is 1. The van der Waals surface area contributed by atoms with E-state index in [9.17, 15) is 19.8 Å². The van der Waals surface area contributed by atoms with Gasteiger partial charge in [-0.25, -0.2) is 0 Å². The molecule has 1 amide bonds. The number of nitrogens with one attached hydrogen (secondary N) is 1. The highest BCUT2D eigenvalue weighted by atomic mass is 16.5. The molecule has 0 aromatic carbocycles. The van der Waals surface area contributed by atoms with Crippen LogP contribution in [-0.4, -0.2) is 47.4 Å². The Bertz CT molecular complexity index is 1010. The average Bonchev–Trinajstić information content (AvgIpc) is 3.31. The maximum atomic E-state index is 12.5. The van der Waals surface area contributed by atoms with E-state index in [4.69, 9.17) is 4.74 Å². The fraction of sp³-hybridized carbons (Fsp3) is 0.898. The highest BCUT2D eigenvalue weighted by molar-refractivity contribution is 5.76. The Morgan fingerprint density at radius 2 is 0.723 bits per heavy atom. The van der Waals surface area contributed by atoms with E-state index in [1.54, 1.807) is 0 Å². The summed E-state index contributed by atoms with van der Waals surface area (Å²) >= 11 is 0. The summed E-state index contributed by atoms with van der Waals surface area (Å²) in [7, 11) is 0. The molecule has 384 valence electrons. The third-order valence-electron chi connectivity index (χ3n) is 13.5. The van der Waals surface area contributed by atoms with E-state index in [2.05, 4.69) is 43.5 Å². The van der Waals surface area contributed by atoms with E-state index in [1.807, 2.05) is 0 Å². The number of hydrogen-bond donors (Lipinski definition) is 3. The molecule has 0 heterocycles. The predicted octanol–water partition coefficient (Wildman–Crippen LogP) is 17.9. The fourth-order valence-electron chi connectivity index (χ4n) is 8.98. The van der Waals surface area contributed by atoms with Crippen molar-refractivity contribution in [3.8, 4) is 0 Å². The van der Waals surface area contributed by atoms with Crippen LogP contribution in [0.2, 0.25) is 0 Å². The summed E-state index contributed by atoms with van der Waals surface area (Å²) in [5.41, 5.74) is 0. The maximum absolute atomic E-state index is 12.5. The summed E-state index contributed by atoms with van der Waals surface area (Å²) < 4.78 is 5.46. The second-order valence-corrected chi connectivity index (χ2v) is 20.0. The minimum absolute atomic E-state index is 0.00140. The average molecular weight is 917 g/mol. The Kier molecular flexibility index (Phi) is 53.5. The van der Waals surface area contributed by atoms with E-state index < -0.39 is 12.1 Å². The monoisotopic (exact) mass is 916 g/mol. The van der Waals surface area contributed by atoms with E-state index in [0.717, 1.165) is 44.9 Å². The number of aliphatic hydroxyl groups excluding tert-OH is 2. The second kappa shape index (κ2) is 54.9. The lowest BCUT2D eigenvalue weighted by atomic mass is 10.0. The van der Waals surface area contributed by atoms with Gasteiger partial charge in [0.1, 0.15) is 0 Å². The van der Waals surface area contributed by atoms with Gasteiger partial charge in [-0.1, -0.05) is 250 Å². The normalized spacial score (nSPS) is 12.7. The van der Waals surface area contributed by atoms with Gasteiger partial charge >= 0.3 is 5.97 Å². The molecule has 6 nitrogen and oxygen atoms in total. The molecule has 0 aromatic rings. The lowest BCUT2D eigenvalue weighted by molar-refractivity contribution is -0.143. The second-order valence-electron chi connectivity index (χ2n) is 20.0. The molecule has 3 N–H and O–H groups in total. The lowest BCUT2D eigenvalue weighted by Gasteiger charge is -2.22. The van der Waals surface area contributed by atoms with Gasteiger partial charge in [0, 0.05) is 12.8 Å². The number of allylic oxidation sites excluding steroid dienone is 4. The number of esters is 1. The molecular formula is C59H113NO5. The van der Waals surface area contributed by atoms with Crippen molar-refractivity contribution in [3.05, 3.63) is 24.3 Å². The number of amides is 1. The van der Waals surface area contributed by atoms with Crippen LogP contribution in [0.4, 0.5) is 0 Å². The minimum Gasteiger partial charge on any atom is -0.466 e. The Morgan fingerprint density at radius 1 is 0.415 bits per heavy atom. The van der Waals surface area contributed by atoms with Gasteiger partial charge in [-0.05, 0) is 77.0 Å². The Balaban J connectivity index is 3.41.